The minimum absolute atomic E-state index is 0.156. The Bertz CT molecular complexity index is 624. The van der Waals surface area contributed by atoms with Crippen LogP contribution in [-0.4, -0.2) is 92.0 Å². The Morgan fingerprint density at radius 3 is 2.52 bits per heavy atom. The summed E-state index contributed by atoms with van der Waals surface area (Å²) in [5.74, 6) is 0.528. The zero-order valence-electron chi connectivity index (χ0n) is 17.5. The number of likely N-dealkylation sites (N-methyl/N-ethyl adjacent to an activating group) is 2. The maximum atomic E-state index is 13.1. The van der Waals surface area contributed by atoms with E-state index < -0.39 is 0 Å². The number of benzene rings is 1. The minimum atomic E-state index is 0.156. The van der Waals surface area contributed by atoms with Crippen LogP contribution in [0.15, 0.2) is 24.3 Å². The maximum Gasteiger partial charge on any atom is 0.227 e. The summed E-state index contributed by atoms with van der Waals surface area (Å²) < 4.78 is 0. The van der Waals surface area contributed by atoms with Crippen LogP contribution in [0.2, 0.25) is 0 Å². The largest absolute Gasteiger partial charge is 0.340 e. The van der Waals surface area contributed by atoms with Gasteiger partial charge >= 0.3 is 0 Å². The molecule has 0 unspecified atom stereocenters. The van der Waals surface area contributed by atoms with Crippen LogP contribution in [0.25, 0.3) is 0 Å². The first-order valence-electron chi connectivity index (χ1n) is 10.3. The molecule has 27 heavy (non-hydrogen) atoms. The van der Waals surface area contributed by atoms with E-state index in [1.54, 1.807) is 0 Å². The molecule has 0 spiro atoms. The predicted octanol–water partition coefficient (Wildman–Crippen LogP) is 1.91. The molecule has 2 fully saturated rings. The highest BCUT2D eigenvalue weighted by Crippen LogP contribution is 2.21. The number of hydrogen-bond donors (Lipinski definition) is 0. The maximum absolute atomic E-state index is 13.1. The van der Waals surface area contributed by atoms with Gasteiger partial charge in [-0.15, -0.1) is 0 Å². The highest BCUT2D eigenvalue weighted by atomic mass is 16.2. The number of aryl methyl sites for hydroxylation is 1. The molecule has 3 rings (SSSR count). The molecule has 2 saturated heterocycles. The van der Waals surface area contributed by atoms with Gasteiger partial charge in [0.1, 0.15) is 0 Å². The highest BCUT2D eigenvalue weighted by molar-refractivity contribution is 5.79. The van der Waals surface area contributed by atoms with E-state index in [1.165, 1.54) is 11.1 Å². The summed E-state index contributed by atoms with van der Waals surface area (Å²) in [4.78, 5) is 22.3. The number of likely N-dealkylation sites (tertiary alicyclic amines) is 1. The lowest BCUT2D eigenvalue weighted by atomic mass is 9.99. The second kappa shape index (κ2) is 9.18. The number of nitrogens with zero attached hydrogens (tertiary/aromatic N) is 4. The van der Waals surface area contributed by atoms with Crippen molar-refractivity contribution in [3.63, 3.8) is 0 Å². The fourth-order valence-electron chi connectivity index (χ4n) is 4.46. The molecule has 0 aromatic heterocycles. The van der Waals surface area contributed by atoms with Crippen LogP contribution < -0.4 is 0 Å². The first-order valence-corrected chi connectivity index (χ1v) is 10.3. The zero-order valence-corrected chi connectivity index (χ0v) is 17.5. The van der Waals surface area contributed by atoms with E-state index >= 15 is 0 Å². The molecule has 0 saturated carbocycles. The zero-order chi connectivity index (χ0) is 19.4. The monoisotopic (exact) mass is 372 g/mol. The van der Waals surface area contributed by atoms with Crippen LogP contribution in [0.3, 0.4) is 0 Å². The third-order valence-electron chi connectivity index (χ3n) is 6.16. The molecule has 150 valence electrons. The molecule has 1 aromatic rings. The van der Waals surface area contributed by atoms with Crippen molar-refractivity contribution < 1.29 is 4.79 Å². The molecule has 2 aliphatic rings. The highest BCUT2D eigenvalue weighted by Gasteiger charge is 2.31. The Balaban J connectivity index is 1.50. The van der Waals surface area contributed by atoms with E-state index in [0.717, 1.165) is 58.7 Å². The van der Waals surface area contributed by atoms with Crippen molar-refractivity contribution >= 4 is 5.91 Å². The van der Waals surface area contributed by atoms with Crippen molar-refractivity contribution in [2.24, 2.45) is 5.92 Å². The lowest BCUT2D eigenvalue weighted by Crippen LogP contribution is -2.51. The second-order valence-electron chi connectivity index (χ2n) is 8.70. The van der Waals surface area contributed by atoms with E-state index in [2.05, 4.69) is 71.9 Å². The summed E-state index contributed by atoms with van der Waals surface area (Å²) in [5.41, 5.74) is 2.68. The Morgan fingerprint density at radius 1 is 1.11 bits per heavy atom. The molecule has 0 N–H and O–H groups in total. The van der Waals surface area contributed by atoms with E-state index in [-0.39, 0.29) is 5.92 Å². The van der Waals surface area contributed by atoms with Crippen molar-refractivity contribution in [1.82, 2.24) is 19.6 Å². The van der Waals surface area contributed by atoms with Crippen LogP contribution >= 0.6 is 0 Å². The van der Waals surface area contributed by atoms with Gasteiger partial charge in [-0.1, -0.05) is 29.8 Å². The van der Waals surface area contributed by atoms with Crippen LogP contribution in [0.1, 0.15) is 24.0 Å². The van der Waals surface area contributed by atoms with Gasteiger partial charge in [0.25, 0.3) is 0 Å². The van der Waals surface area contributed by atoms with Crippen LogP contribution in [0, 0.1) is 12.8 Å². The lowest BCUT2D eigenvalue weighted by molar-refractivity contribution is -0.138. The van der Waals surface area contributed by atoms with Crippen LogP contribution in [0.5, 0.6) is 0 Å². The quantitative estimate of drug-likeness (QED) is 0.808. The van der Waals surface area contributed by atoms with Crippen molar-refractivity contribution in [3.05, 3.63) is 35.4 Å². The summed E-state index contributed by atoms with van der Waals surface area (Å²) in [6.45, 7) is 8.76. The first kappa shape index (κ1) is 20.3. The third kappa shape index (κ3) is 5.53. The predicted molar refractivity (Wildman–Crippen MR) is 111 cm³/mol. The topological polar surface area (TPSA) is 30.0 Å². The molecule has 5 heteroatoms. The number of amides is 1. The SMILES string of the molecule is Cc1cccc(CN2CCN(C(=O)[C@@H]3CC[C@H](N(C)C)CN(C)C3)CC2)c1. The van der Waals surface area contributed by atoms with Crippen molar-refractivity contribution in [3.8, 4) is 0 Å². The Kier molecular flexibility index (Phi) is 6.90. The summed E-state index contributed by atoms with van der Waals surface area (Å²) in [6.07, 6.45) is 2.12. The summed E-state index contributed by atoms with van der Waals surface area (Å²) in [7, 11) is 6.45. The van der Waals surface area contributed by atoms with Crippen LogP contribution in [-0.2, 0) is 11.3 Å². The molecule has 2 aliphatic heterocycles. The number of hydrogen-bond acceptors (Lipinski definition) is 4. The van der Waals surface area contributed by atoms with Gasteiger partial charge in [0.05, 0.1) is 5.92 Å². The summed E-state index contributed by atoms with van der Waals surface area (Å²) in [5, 5.41) is 0. The molecule has 1 aromatic carbocycles. The fourth-order valence-corrected chi connectivity index (χ4v) is 4.46. The molecule has 1 amide bonds. The molecule has 5 nitrogen and oxygen atoms in total. The van der Waals surface area contributed by atoms with Crippen molar-refractivity contribution in [2.75, 3.05) is 60.4 Å². The number of piperazine rings is 1. The molecular formula is C22H36N4O. The number of carbonyl (C=O) groups is 1. The fraction of sp³-hybridized carbons (Fsp3) is 0.682. The minimum Gasteiger partial charge on any atom is -0.340 e. The summed E-state index contributed by atoms with van der Waals surface area (Å²) >= 11 is 0. The molecule has 2 heterocycles. The van der Waals surface area contributed by atoms with E-state index in [1.807, 2.05) is 0 Å². The third-order valence-corrected chi connectivity index (χ3v) is 6.16. The smallest absolute Gasteiger partial charge is 0.227 e. The van der Waals surface area contributed by atoms with Gasteiger partial charge in [0.2, 0.25) is 5.91 Å². The molecule has 0 radical (unpaired) electrons. The Morgan fingerprint density at radius 2 is 1.85 bits per heavy atom. The van der Waals surface area contributed by atoms with E-state index in [9.17, 15) is 4.79 Å². The van der Waals surface area contributed by atoms with Gasteiger partial charge in [-0.25, -0.2) is 0 Å². The van der Waals surface area contributed by atoms with Gasteiger partial charge in [-0.05, 0) is 46.5 Å². The lowest BCUT2D eigenvalue weighted by Gasteiger charge is -2.36. The molecular weight excluding hydrogens is 336 g/mol. The number of rotatable bonds is 4. The second-order valence-corrected chi connectivity index (χ2v) is 8.70. The van der Waals surface area contributed by atoms with Gasteiger partial charge < -0.3 is 14.7 Å². The van der Waals surface area contributed by atoms with E-state index in [4.69, 9.17) is 0 Å². The first-order chi connectivity index (χ1) is 12.9. The Labute approximate surface area is 164 Å². The summed E-state index contributed by atoms with van der Waals surface area (Å²) in [6, 6.07) is 9.30. The van der Waals surface area contributed by atoms with E-state index in [0.29, 0.717) is 11.9 Å². The normalized spacial score (nSPS) is 25.6. The molecule has 2 atom stereocenters. The Hall–Kier alpha value is -1.43. The van der Waals surface area contributed by atoms with Gasteiger partial charge in [0, 0.05) is 51.9 Å². The van der Waals surface area contributed by atoms with Gasteiger partial charge in [0.15, 0.2) is 0 Å². The molecule has 0 bridgehead atoms. The molecule has 0 aliphatic carbocycles. The standard InChI is InChI=1S/C22H36N4O/c1-18-6-5-7-19(14-18)15-25-10-12-26(13-11-25)22(27)20-8-9-21(23(2)3)17-24(4)16-20/h5-7,14,20-21H,8-13,15-17H2,1-4H3/t20-,21+/m1/s1. The van der Waals surface area contributed by atoms with Crippen molar-refractivity contribution in [1.29, 1.82) is 0 Å². The van der Waals surface area contributed by atoms with Crippen LogP contribution in [0.4, 0.5) is 0 Å². The van der Waals surface area contributed by atoms with Crippen molar-refractivity contribution in [2.45, 2.75) is 32.4 Å². The van der Waals surface area contributed by atoms with Gasteiger partial charge in [-0.3, -0.25) is 9.69 Å². The average molecular weight is 373 g/mol. The van der Waals surface area contributed by atoms with Gasteiger partial charge in [-0.2, -0.15) is 0 Å². The number of carbonyl (C=O) groups excluding carboxylic acids is 1. The average Bonchev–Trinajstić information content (AvgIpc) is 2.84.